The monoisotopic (exact) mass is 334 g/mol. The molecule has 0 unspecified atom stereocenters. The number of carbonyl (C=O) groups is 1. The number of nitrogen functional groups attached to an aromatic ring is 1. The van der Waals surface area contributed by atoms with Gasteiger partial charge in [0.1, 0.15) is 5.75 Å². The molecule has 0 aliphatic carbocycles. The Bertz CT molecular complexity index is 656. The molecule has 0 bridgehead atoms. The number of nitrogens with two attached hydrogens (primary N) is 1. The second-order valence-corrected chi connectivity index (χ2v) is 5.24. The van der Waals surface area contributed by atoms with Crippen molar-refractivity contribution < 1.29 is 9.53 Å². The van der Waals surface area contributed by atoms with Crippen molar-refractivity contribution >= 4 is 33.2 Å². The van der Waals surface area contributed by atoms with E-state index in [2.05, 4.69) is 21.2 Å². The quantitative estimate of drug-likeness (QED) is 0.843. The summed E-state index contributed by atoms with van der Waals surface area (Å²) in [5.41, 5.74) is 8.37. The number of aryl methyl sites for hydroxylation is 1. The Morgan fingerprint density at radius 2 is 2.00 bits per heavy atom. The lowest BCUT2D eigenvalue weighted by atomic mass is 10.1. The van der Waals surface area contributed by atoms with Crippen molar-refractivity contribution in [3.63, 3.8) is 0 Å². The van der Waals surface area contributed by atoms with Crippen LogP contribution in [-0.2, 0) is 0 Å². The molecule has 2 rings (SSSR count). The third kappa shape index (κ3) is 3.11. The van der Waals surface area contributed by atoms with E-state index in [1.807, 2.05) is 19.1 Å². The summed E-state index contributed by atoms with van der Waals surface area (Å²) in [7, 11) is 1.58. The first-order valence-corrected chi connectivity index (χ1v) is 6.81. The predicted molar refractivity (Wildman–Crippen MR) is 84.2 cm³/mol. The van der Waals surface area contributed by atoms with Gasteiger partial charge in [0, 0.05) is 16.2 Å². The fourth-order valence-corrected chi connectivity index (χ4v) is 2.13. The molecule has 2 aromatic carbocycles. The highest BCUT2D eigenvalue weighted by Gasteiger charge is 2.12. The normalized spacial score (nSPS) is 10.2. The number of ether oxygens (including phenoxy) is 1. The average Bonchev–Trinajstić information content (AvgIpc) is 2.43. The number of carbonyl (C=O) groups excluding carboxylic acids is 1. The number of hydrogen-bond acceptors (Lipinski definition) is 3. The van der Waals surface area contributed by atoms with Crippen LogP contribution >= 0.6 is 15.9 Å². The zero-order chi connectivity index (χ0) is 14.7. The van der Waals surface area contributed by atoms with Gasteiger partial charge < -0.3 is 15.8 Å². The van der Waals surface area contributed by atoms with E-state index < -0.39 is 0 Å². The van der Waals surface area contributed by atoms with Gasteiger partial charge in [-0.3, -0.25) is 4.79 Å². The molecular weight excluding hydrogens is 320 g/mol. The van der Waals surface area contributed by atoms with Crippen molar-refractivity contribution in [3.8, 4) is 5.75 Å². The lowest BCUT2D eigenvalue weighted by molar-refractivity contribution is 0.102. The number of anilines is 2. The number of rotatable bonds is 3. The zero-order valence-corrected chi connectivity index (χ0v) is 12.8. The second kappa shape index (κ2) is 5.96. The van der Waals surface area contributed by atoms with Gasteiger partial charge in [-0.05, 0) is 47.1 Å². The molecule has 20 heavy (non-hydrogen) atoms. The Kier molecular flexibility index (Phi) is 4.29. The van der Waals surface area contributed by atoms with E-state index in [0.29, 0.717) is 22.7 Å². The van der Waals surface area contributed by atoms with Gasteiger partial charge in [0.15, 0.2) is 0 Å². The first-order chi connectivity index (χ1) is 9.51. The average molecular weight is 335 g/mol. The van der Waals surface area contributed by atoms with Crippen LogP contribution < -0.4 is 15.8 Å². The fourth-order valence-electron chi connectivity index (χ4n) is 1.78. The highest BCUT2D eigenvalue weighted by molar-refractivity contribution is 9.10. The van der Waals surface area contributed by atoms with Crippen LogP contribution in [0.15, 0.2) is 40.9 Å². The van der Waals surface area contributed by atoms with E-state index in [-0.39, 0.29) is 5.91 Å². The molecule has 0 saturated heterocycles. The number of hydrogen-bond donors (Lipinski definition) is 2. The Morgan fingerprint density at radius 1 is 1.25 bits per heavy atom. The van der Waals surface area contributed by atoms with Crippen LogP contribution in [0.1, 0.15) is 15.9 Å². The molecule has 0 aliphatic heterocycles. The molecule has 0 heterocycles. The summed E-state index contributed by atoms with van der Waals surface area (Å²) >= 11 is 3.39. The molecule has 0 spiro atoms. The summed E-state index contributed by atoms with van der Waals surface area (Å²) in [5, 5.41) is 2.82. The van der Waals surface area contributed by atoms with E-state index in [1.165, 1.54) is 0 Å². The van der Waals surface area contributed by atoms with Gasteiger partial charge in [0.2, 0.25) is 0 Å². The molecule has 3 N–H and O–H groups in total. The number of amides is 1. The Morgan fingerprint density at radius 3 is 2.70 bits per heavy atom. The molecule has 0 radical (unpaired) electrons. The highest BCUT2D eigenvalue weighted by Crippen LogP contribution is 2.28. The minimum absolute atomic E-state index is 0.250. The Balaban J connectivity index is 2.30. The summed E-state index contributed by atoms with van der Waals surface area (Å²) in [6.45, 7) is 1.91. The zero-order valence-electron chi connectivity index (χ0n) is 11.2. The Labute approximate surface area is 126 Å². The Hall–Kier alpha value is -2.01. The maximum Gasteiger partial charge on any atom is 0.257 e. The van der Waals surface area contributed by atoms with Crippen LogP contribution in [0.2, 0.25) is 0 Å². The maximum absolute atomic E-state index is 12.3. The summed E-state index contributed by atoms with van der Waals surface area (Å²) in [6, 6.07) is 10.7. The molecule has 104 valence electrons. The van der Waals surface area contributed by atoms with Gasteiger partial charge in [0.25, 0.3) is 5.91 Å². The van der Waals surface area contributed by atoms with Gasteiger partial charge in [-0.1, -0.05) is 11.6 Å². The first-order valence-electron chi connectivity index (χ1n) is 6.02. The molecule has 0 atom stereocenters. The van der Waals surface area contributed by atoms with Crippen molar-refractivity contribution in [2.45, 2.75) is 6.92 Å². The van der Waals surface area contributed by atoms with Crippen molar-refractivity contribution in [3.05, 3.63) is 52.0 Å². The minimum atomic E-state index is -0.250. The molecule has 1 amide bonds. The van der Waals surface area contributed by atoms with Gasteiger partial charge in [-0.2, -0.15) is 0 Å². The molecule has 2 aromatic rings. The minimum Gasteiger partial charge on any atom is -0.497 e. The molecule has 0 saturated carbocycles. The third-order valence-electron chi connectivity index (χ3n) is 2.88. The number of methoxy groups -OCH3 is 1. The van der Waals surface area contributed by atoms with E-state index in [1.54, 1.807) is 31.4 Å². The van der Waals surface area contributed by atoms with Gasteiger partial charge in [-0.15, -0.1) is 0 Å². The third-order valence-corrected chi connectivity index (χ3v) is 3.57. The van der Waals surface area contributed by atoms with E-state index in [0.717, 1.165) is 10.0 Å². The number of nitrogens with one attached hydrogen (secondary N) is 1. The maximum atomic E-state index is 12.3. The van der Waals surface area contributed by atoms with E-state index in [4.69, 9.17) is 10.5 Å². The summed E-state index contributed by atoms with van der Waals surface area (Å²) in [6.07, 6.45) is 0. The van der Waals surface area contributed by atoms with E-state index in [9.17, 15) is 4.79 Å². The standard InChI is InChI=1S/C15H15BrN2O2/c1-9-3-6-13(17)11(7-9)15(19)18-14-8-10(20-2)4-5-12(14)16/h3-8H,17H2,1-2H3,(H,18,19). The molecule has 0 aliphatic rings. The predicted octanol–water partition coefficient (Wildman–Crippen LogP) is 3.60. The van der Waals surface area contributed by atoms with E-state index >= 15 is 0 Å². The van der Waals surface area contributed by atoms with Crippen LogP contribution in [0.4, 0.5) is 11.4 Å². The van der Waals surface area contributed by atoms with Crippen LogP contribution in [-0.4, -0.2) is 13.0 Å². The topological polar surface area (TPSA) is 64.3 Å². The van der Waals surface area contributed by atoms with Gasteiger partial charge in [0.05, 0.1) is 18.4 Å². The van der Waals surface area contributed by atoms with Crippen LogP contribution in [0.5, 0.6) is 5.75 Å². The lowest BCUT2D eigenvalue weighted by Gasteiger charge is -2.11. The van der Waals surface area contributed by atoms with Crippen LogP contribution in [0, 0.1) is 6.92 Å². The SMILES string of the molecule is COc1ccc(Br)c(NC(=O)c2cc(C)ccc2N)c1. The largest absolute Gasteiger partial charge is 0.497 e. The fraction of sp³-hybridized carbons (Fsp3) is 0.133. The lowest BCUT2D eigenvalue weighted by Crippen LogP contribution is -2.14. The molecule has 0 aromatic heterocycles. The molecule has 5 heteroatoms. The van der Waals surface area contributed by atoms with Crippen LogP contribution in [0.25, 0.3) is 0 Å². The first kappa shape index (κ1) is 14.4. The smallest absolute Gasteiger partial charge is 0.257 e. The van der Waals surface area contributed by atoms with Crippen molar-refractivity contribution in [2.75, 3.05) is 18.2 Å². The van der Waals surface area contributed by atoms with Gasteiger partial charge >= 0.3 is 0 Å². The molecule has 0 fully saturated rings. The van der Waals surface area contributed by atoms with Gasteiger partial charge in [-0.25, -0.2) is 0 Å². The number of halogens is 1. The van der Waals surface area contributed by atoms with Crippen molar-refractivity contribution in [1.29, 1.82) is 0 Å². The highest BCUT2D eigenvalue weighted by atomic mass is 79.9. The summed E-state index contributed by atoms with van der Waals surface area (Å²) < 4.78 is 5.92. The second-order valence-electron chi connectivity index (χ2n) is 4.39. The molecular formula is C15H15BrN2O2. The van der Waals surface area contributed by atoms with Crippen molar-refractivity contribution in [1.82, 2.24) is 0 Å². The molecule has 4 nitrogen and oxygen atoms in total. The summed E-state index contributed by atoms with van der Waals surface area (Å²) in [5.74, 6) is 0.417. The summed E-state index contributed by atoms with van der Waals surface area (Å²) in [4.78, 5) is 12.3. The van der Waals surface area contributed by atoms with Crippen LogP contribution in [0.3, 0.4) is 0 Å². The number of benzene rings is 2. The van der Waals surface area contributed by atoms with Crippen molar-refractivity contribution in [2.24, 2.45) is 0 Å².